The minimum atomic E-state index is -1.19. The maximum absolute atomic E-state index is 14.8. The summed E-state index contributed by atoms with van der Waals surface area (Å²) < 4.78 is 34.5. The van der Waals surface area contributed by atoms with Gasteiger partial charge in [0.05, 0.1) is 24.6 Å². The normalized spacial score (nSPS) is 19.4. The summed E-state index contributed by atoms with van der Waals surface area (Å²) >= 11 is 0. The lowest BCUT2D eigenvalue weighted by Gasteiger charge is -2.34. The van der Waals surface area contributed by atoms with E-state index in [0.29, 0.717) is 55.6 Å². The molecule has 0 unspecified atom stereocenters. The molecule has 2 aliphatic rings. The van der Waals surface area contributed by atoms with Crippen LogP contribution in [0.1, 0.15) is 49.9 Å². The van der Waals surface area contributed by atoms with Crippen molar-refractivity contribution in [2.45, 2.75) is 51.2 Å². The van der Waals surface area contributed by atoms with E-state index in [2.05, 4.69) is 14.9 Å². The minimum absolute atomic E-state index is 0.118. The predicted octanol–water partition coefficient (Wildman–Crippen LogP) is 3.21. The molecule has 0 radical (unpaired) electrons. The molecule has 1 aromatic heterocycles. The van der Waals surface area contributed by atoms with Gasteiger partial charge in [-0.3, -0.25) is 9.59 Å². The number of hydrogen-bond donors (Lipinski definition) is 1. The Kier molecular flexibility index (Phi) is 7.82. The Balaban J connectivity index is 1.32. The lowest BCUT2D eigenvalue weighted by atomic mass is 9.97. The lowest BCUT2D eigenvalue weighted by Crippen LogP contribution is -2.43. The molecule has 2 aliphatic heterocycles. The first-order chi connectivity index (χ1) is 17.1. The number of alkyl halides is 1. The SMILES string of the molecule is CC(C)(F)CN1CCC(COc2cnc(-c3ccc(C(=O)N4CCC[C@H]4C(N)=O)c(F)c3)nc2)CC1. The number of rotatable bonds is 8. The number of nitrogens with zero attached hydrogens (tertiary/aromatic N) is 4. The number of carbonyl (C=O) groups is 2. The van der Waals surface area contributed by atoms with Crippen LogP contribution < -0.4 is 10.5 Å². The van der Waals surface area contributed by atoms with Crippen LogP contribution in [-0.4, -0.2) is 76.1 Å². The fourth-order valence-electron chi connectivity index (χ4n) is 4.88. The van der Waals surface area contributed by atoms with Crippen molar-refractivity contribution < 1.29 is 23.1 Å². The van der Waals surface area contributed by atoms with Crippen molar-refractivity contribution in [3.05, 3.63) is 42.0 Å². The van der Waals surface area contributed by atoms with Crippen LogP contribution in [0.2, 0.25) is 0 Å². The first-order valence-electron chi connectivity index (χ1n) is 12.4. The average molecular weight is 502 g/mol. The van der Waals surface area contributed by atoms with Gasteiger partial charge in [-0.1, -0.05) is 6.07 Å². The monoisotopic (exact) mass is 501 g/mol. The number of benzene rings is 1. The predicted molar refractivity (Wildman–Crippen MR) is 131 cm³/mol. The zero-order valence-electron chi connectivity index (χ0n) is 20.8. The highest BCUT2D eigenvalue weighted by atomic mass is 19.1. The Morgan fingerprint density at radius 2 is 1.83 bits per heavy atom. The molecule has 0 spiro atoms. The molecule has 2 N–H and O–H groups in total. The highest BCUT2D eigenvalue weighted by molar-refractivity contribution is 5.98. The third-order valence-corrected chi connectivity index (χ3v) is 6.72. The smallest absolute Gasteiger partial charge is 0.257 e. The van der Waals surface area contributed by atoms with Gasteiger partial charge in [0.1, 0.15) is 17.5 Å². The molecule has 10 heteroatoms. The Morgan fingerprint density at radius 1 is 1.14 bits per heavy atom. The van der Waals surface area contributed by atoms with Gasteiger partial charge in [0, 0.05) is 18.7 Å². The zero-order valence-corrected chi connectivity index (χ0v) is 20.8. The highest BCUT2D eigenvalue weighted by Gasteiger charge is 2.34. The maximum Gasteiger partial charge on any atom is 0.257 e. The Bertz CT molecular complexity index is 1080. The number of nitrogens with two attached hydrogens (primary N) is 1. The van der Waals surface area contributed by atoms with Crippen molar-refractivity contribution in [3.8, 4) is 17.1 Å². The summed E-state index contributed by atoms with van der Waals surface area (Å²) in [6.45, 7) is 6.24. The summed E-state index contributed by atoms with van der Waals surface area (Å²) in [6.07, 6.45) is 6.11. The number of hydrogen-bond acceptors (Lipinski definition) is 6. The van der Waals surface area contributed by atoms with Gasteiger partial charge in [-0.25, -0.2) is 18.7 Å². The van der Waals surface area contributed by atoms with Crippen LogP contribution in [0.3, 0.4) is 0 Å². The fraction of sp³-hybridized carbons (Fsp3) is 0.538. The van der Waals surface area contributed by atoms with Crippen LogP contribution in [-0.2, 0) is 4.79 Å². The van der Waals surface area contributed by atoms with Gasteiger partial charge in [0.2, 0.25) is 5.91 Å². The Morgan fingerprint density at radius 3 is 2.44 bits per heavy atom. The third-order valence-electron chi connectivity index (χ3n) is 6.72. The number of amides is 2. The molecule has 2 fully saturated rings. The van der Waals surface area contributed by atoms with Crippen LogP contribution in [0.4, 0.5) is 8.78 Å². The largest absolute Gasteiger partial charge is 0.490 e. The van der Waals surface area contributed by atoms with Crippen LogP contribution >= 0.6 is 0 Å². The summed E-state index contributed by atoms with van der Waals surface area (Å²) in [7, 11) is 0. The molecule has 2 saturated heterocycles. The first kappa shape index (κ1) is 25.9. The molecule has 0 saturated carbocycles. The zero-order chi connectivity index (χ0) is 25.9. The summed E-state index contributed by atoms with van der Waals surface area (Å²) in [4.78, 5) is 36.4. The molecule has 1 atom stereocenters. The average Bonchev–Trinajstić information content (AvgIpc) is 3.33. The van der Waals surface area contributed by atoms with E-state index in [9.17, 15) is 18.4 Å². The molecular weight excluding hydrogens is 468 g/mol. The number of carbonyl (C=O) groups excluding carboxylic acids is 2. The molecule has 4 rings (SSSR count). The van der Waals surface area contributed by atoms with E-state index in [1.165, 1.54) is 17.0 Å². The van der Waals surface area contributed by atoms with Crippen molar-refractivity contribution in [3.63, 3.8) is 0 Å². The second-order valence-corrected chi connectivity index (χ2v) is 10.2. The number of piperidine rings is 1. The van der Waals surface area contributed by atoms with Crippen LogP contribution in [0.25, 0.3) is 11.4 Å². The molecule has 2 aromatic rings. The van der Waals surface area contributed by atoms with Crippen molar-refractivity contribution in [1.82, 2.24) is 19.8 Å². The van der Waals surface area contributed by atoms with E-state index in [4.69, 9.17) is 10.5 Å². The molecule has 0 aliphatic carbocycles. The number of ether oxygens (including phenoxy) is 1. The highest BCUT2D eigenvalue weighted by Crippen LogP contribution is 2.25. The van der Waals surface area contributed by atoms with E-state index in [-0.39, 0.29) is 5.56 Å². The second-order valence-electron chi connectivity index (χ2n) is 10.2. The molecular formula is C26H33F2N5O3. The minimum Gasteiger partial charge on any atom is -0.490 e. The summed E-state index contributed by atoms with van der Waals surface area (Å²) in [5.41, 5.74) is 4.49. The van der Waals surface area contributed by atoms with Crippen molar-refractivity contribution in [2.75, 3.05) is 32.8 Å². The summed E-state index contributed by atoms with van der Waals surface area (Å²) in [6, 6.07) is 3.47. The third kappa shape index (κ3) is 6.34. The molecule has 36 heavy (non-hydrogen) atoms. The molecule has 8 nitrogen and oxygen atoms in total. The van der Waals surface area contributed by atoms with Gasteiger partial charge < -0.3 is 20.3 Å². The number of aromatic nitrogens is 2. The van der Waals surface area contributed by atoms with Crippen molar-refractivity contribution in [1.29, 1.82) is 0 Å². The lowest BCUT2D eigenvalue weighted by molar-refractivity contribution is -0.121. The quantitative estimate of drug-likeness (QED) is 0.596. The van der Waals surface area contributed by atoms with Gasteiger partial charge in [-0.15, -0.1) is 0 Å². The van der Waals surface area contributed by atoms with Gasteiger partial charge in [-0.2, -0.15) is 0 Å². The molecule has 3 heterocycles. The van der Waals surface area contributed by atoms with E-state index in [1.807, 2.05) is 0 Å². The maximum atomic E-state index is 14.8. The second kappa shape index (κ2) is 10.9. The molecule has 2 amide bonds. The standard InChI is InChI=1S/C26H33F2N5O3/c1-26(2,28)16-32-10-7-17(8-11-32)15-36-19-13-30-24(31-14-19)18-5-6-20(21(27)12-18)25(35)33-9-3-4-22(33)23(29)34/h5-6,12-14,17,22H,3-4,7-11,15-16H2,1-2H3,(H2,29,34)/t22-/m0/s1. The van der Waals surface area contributed by atoms with Gasteiger partial charge in [0.15, 0.2) is 11.6 Å². The van der Waals surface area contributed by atoms with E-state index < -0.39 is 29.3 Å². The molecule has 1 aromatic carbocycles. The molecule has 0 bridgehead atoms. The van der Waals surface area contributed by atoms with Crippen LogP contribution in [0, 0.1) is 11.7 Å². The van der Waals surface area contributed by atoms with Crippen molar-refractivity contribution in [2.24, 2.45) is 11.7 Å². The molecule has 194 valence electrons. The van der Waals surface area contributed by atoms with Crippen molar-refractivity contribution >= 4 is 11.8 Å². The van der Waals surface area contributed by atoms with E-state index in [1.54, 1.807) is 32.3 Å². The van der Waals surface area contributed by atoms with Gasteiger partial charge in [0.25, 0.3) is 5.91 Å². The topological polar surface area (TPSA) is 102 Å². The first-order valence-corrected chi connectivity index (χ1v) is 12.4. The Hall–Kier alpha value is -3.14. The van der Waals surface area contributed by atoms with Crippen LogP contribution in [0.5, 0.6) is 5.75 Å². The van der Waals surface area contributed by atoms with E-state index >= 15 is 0 Å². The van der Waals surface area contributed by atoms with Gasteiger partial charge in [-0.05, 0) is 70.7 Å². The Labute approximate surface area is 209 Å². The van der Waals surface area contributed by atoms with E-state index in [0.717, 1.165) is 25.9 Å². The fourth-order valence-corrected chi connectivity index (χ4v) is 4.88. The van der Waals surface area contributed by atoms with Gasteiger partial charge >= 0.3 is 0 Å². The number of likely N-dealkylation sites (tertiary alicyclic amines) is 2. The summed E-state index contributed by atoms with van der Waals surface area (Å²) in [5, 5.41) is 0. The van der Waals surface area contributed by atoms with Crippen LogP contribution in [0.15, 0.2) is 30.6 Å². The summed E-state index contributed by atoms with van der Waals surface area (Å²) in [5.74, 6) is -0.640. The number of halogens is 2. The number of primary amides is 1.